The van der Waals surface area contributed by atoms with E-state index in [1.807, 2.05) is 25.1 Å². The molecule has 0 fully saturated rings. The topological polar surface area (TPSA) is 86.0 Å². The molecule has 1 aliphatic rings. The molecule has 120 valence electrons. The lowest BCUT2D eigenvalue weighted by Gasteiger charge is -2.19. The summed E-state index contributed by atoms with van der Waals surface area (Å²) in [6.07, 6.45) is 0.834. The summed E-state index contributed by atoms with van der Waals surface area (Å²) in [4.78, 5) is 42.5. The number of amides is 1. The monoisotopic (exact) mass is 321 g/mol. The molecular formula is C18H15N3O3. The van der Waals surface area contributed by atoms with E-state index in [2.05, 4.69) is 9.97 Å². The van der Waals surface area contributed by atoms with Crippen molar-refractivity contribution in [3.05, 3.63) is 73.8 Å². The van der Waals surface area contributed by atoms with E-state index in [0.717, 1.165) is 17.7 Å². The molecular weight excluding hydrogens is 306 g/mol. The average Bonchev–Trinajstić information content (AvgIpc) is 3.00. The van der Waals surface area contributed by atoms with Gasteiger partial charge >= 0.3 is 11.1 Å². The second kappa shape index (κ2) is 5.19. The first-order valence-corrected chi connectivity index (χ1v) is 7.71. The lowest BCUT2D eigenvalue weighted by molar-refractivity contribution is 0.0989. The Balaban J connectivity index is 1.79. The molecule has 1 aromatic heterocycles. The molecule has 4 rings (SSSR count). The van der Waals surface area contributed by atoms with E-state index in [1.54, 1.807) is 23.1 Å². The van der Waals surface area contributed by atoms with Crippen molar-refractivity contribution in [2.45, 2.75) is 13.3 Å². The maximum absolute atomic E-state index is 12.9. The molecule has 1 amide bonds. The molecule has 0 atom stereocenters. The van der Waals surface area contributed by atoms with Crippen LogP contribution in [0.3, 0.4) is 0 Å². The maximum Gasteiger partial charge on any atom is 0.314 e. The molecule has 0 saturated carbocycles. The number of nitrogens with zero attached hydrogens (tertiary/aromatic N) is 1. The summed E-state index contributed by atoms with van der Waals surface area (Å²) in [5.41, 5.74) is 3.18. The van der Waals surface area contributed by atoms with Crippen molar-refractivity contribution in [2.24, 2.45) is 0 Å². The van der Waals surface area contributed by atoms with Gasteiger partial charge in [-0.1, -0.05) is 18.2 Å². The Hall–Kier alpha value is -3.15. The van der Waals surface area contributed by atoms with Crippen LogP contribution in [0.1, 0.15) is 21.5 Å². The van der Waals surface area contributed by atoms with Gasteiger partial charge in [0, 0.05) is 12.1 Å². The van der Waals surface area contributed by atoms with E-state index >= 15 is 0 Å². The van der Waals surface area contributed by atoms with Gasteiger partial charge in [-0.2, -0.15) is 0 Å². The van der Waals surface area contributed by atoms with Gasteiger partial charge in [0.05, 0.1) is 16.7 Å². The summed E-state index contributed by atoms with van der Waals surface area (Å²) in [7, 11) is 0. The van der Waals surface area contributed by atoms with Crippen molar-refractivity contribution < 1.29 is 4.79 Å². The third-order valence-corrected chi connectivity index (χ3v) is 4.41. The maximum atomic E-state index is 12.9. The number of carbonyl (C=O) groups excluding carboxylic acids is 1. The van der Waals surface area contributed by atoms with Crippen LogP contribution in [0.2, 0.25) is 0 Å². The standard InChI is InChI=1S/C18H15N3O3/c1-10-3-2-4-11-7-8-21(15(10)11)18(24)12-5-6-13-14(9-12)20-17(23)16(22)19-13/h2-6,9H,7-8H2,1H3,(H,19,22)(H,20,23). The Bertz CT molecular complexity index is 1090. The van der Waals surface area contributed by atoms with E-state index < -0.39 is 11.1 Å². The van der Waals surface area contributed by atoms with Crippen LogP contribution in [0.4, 0.5) is 5.69 Å². The van der Waals surface area contributed by atoms with Crippen molar-refractivity contribution in [1.82, 2.24) is 9.97 Å². The number of benzene rings is 2. The third kappa shape index (κ3) is 2.15. The largest absolute Gasteiger partial charge is 0.316 e. The van der Waals surface area contributed by atoms with Crippen LogP contribution >= 0.6 is 0 Å². The molecule has 0 saturated heterocycles. The van der Waals surface area contributed by atoms with E-state index in [9.17, 15) is 14.4 Å². The average molecular weight is 321 g/mol. The highest BCUT2D eigenvalue weighted by Crippen LogP contribution is 2.32. The van der Waals surface area contributed by atoms with E-state index in [4.69, 9.17) is 0 Å². The van der Waals surface area contributed by atoms with E-state index in [0.29, 0.717) is 23.1 Å². The predicted molar refractivity (Wildman–Crippen MR) is 91.7 cm³/mol. The molecule has 0 spiro atoms. The van der Waals surface area contributed by atoms with Crippen molar-refractivity contribution in [2.75, 3.05) is 11.4 Å². The highest BCUT2D eigenvalue weighted by Gasteiger charge is 2.27. The van der Waals surface area contributed by atoms with Gasteiger partial charge in [0.15, 0.2) is 0 Å². The van der Waals surface area contributed by atoms with Gasteiger partial charge in [0.2, 0.25) is 0 Å². The summed E-state index contributed by atoms with van der Waals surface area (Å²) in [5.74, 6) is -0.114. The molecule has 2 heterocycles. The minimum absolute atomic E-state index is 0.114. The molecule has 0 aliphatic carbocycles. The number of aryl methyl sites for hydroxylation is 1. The number of hydrogen-bond acceptors (Lipinski definition) is 3. The van der Waals surface area contributed by atoms with Crippen LogP contribution in [0.15, 0.2) is 46.0 Å². The van der Waals surface area contributed by atoms with Crippen LogP contribution in [0, 0.1) is 6.92 Å². The lowest BCUT2D eigenvalue weighted by atomic mass is 10.1. The first-order chi connectivity index (χ1) is 11.5. The van der Waals surface area contributed by atoms with Crippen molar-refractivity contribution in [3.63, 3.8) is 0 Å². The van der Waals surface area contributed by atoms with Crippen molar-refractivity contribution in [1.29, 1.82) is 0 Å². The summed E-state index contributed by atoms with van der Waals surface area (Å²) in [5, 5.41) is 0. The van der Waals surface area contributed by atoms with Crippen LogP contribution in [0.25, 0.3) is 11.0 Å². The number of fused-ring (bicyclic) bond motifs is 2. The van der Waals surface area contributed by atoms with Gasteiger partial charge in [0.1, 0.15) is 0 Å². The second-order valence-corrected chi connectivity index (χ2v) is 5.96. The number of para-hydroxylation sites is 1. The lowest BCUT2D eigenvalue weighted by Crippen LogP contribution is -2.30. The summed E-state index contributed by atoms with van der Waals surface area (Å²) in [6, 6.07) is 10.9. The first kappa shape index (κ1) is 14.4. The van der Waals surface area contributed by atoms with Crippen LogP contribution < -0.4 is 16.0 Å². The Labute approximate surface area is 136 Å². The summed E-state index contributed by atoms with van der Waals surface area (Å²) >= 11 is 0. The van der Waals surface area contributed by atoms with Crippen molar-refractivity contribution >= 4 is 22.6 Å². The Morgan fingerprint density at radius 3 is 2.58 bits per heavy atom. The molecule has 2 aromatic carbocycles. The van der Waals surface area contributed by atoms with Gasteiger partial charge in [-0.3, -0.25) is 14.4 Å². The summed E-state index contributed by atoms with van der Waals surface area (Å²) in [6.45, 7) is 2.63. The number of aromatic amines is 2. The molecule has 0 radical (unpaired) electrons. The SMILES string of the molecule is Cc1cccc2c1N(C(=O)c1ccc3[nH]c(=O)c(=O)[nH]c3c1)CC2. The zero-order valence-corrected chi connectivity index (χ0v) is 13.1. The van der Waals surface area contributed by atoms with Gasteiger partial charge in [-0.25, -0.2) is 0 Å². The summed E-state index contributed by atoms with van der Waals surface area (Å²) < 4.78 is 0. The highest BCUT2D eigenvalue weighted by atomic mass is 16.2. The number of aromatic nitrogens is 2. The van der Waals surface area contributed by atoms with E-state index in [1.165, 1.54) is 5.56 Å². The van der Waals surface area contributed by atoms with Gasteiger partial charge < -0.3 is 14.9 Å². The van der Waals surface area contributed by atoms with Gasteiger partial charge in [-0.05, 0) is 42.7 Å². The molecule has 6 nitrogen and oxygen atoms in total. The minimum Gasteiger partial charge on any atom is -0.316 e. The fraction of sp³-hybridized carbons (Fsp3) is 0.167. The number of H-pyrrole nitrogens is 2. The smallest absolute Gasteiger partial charge is 0.314 e. The van der Waals surface area contributed by atoms with Crippen LogP contribution in [-0.4, -0.2) is 22.4 Å². The predicted octanol–water partition coefficient (Wildman–Crippen LogP) is 1.73. The molecule has 24 heavy (non-hydrogen) atoms. The number of rotatable bonds is 1. The zero-order valence-electron chi connectivity index (χ0n) is 13.1. The number of nitrogens with one attached hydrogen (secondary N) is 2. The highest BCUT2D eigenvalue weighted by molar-refractivity contribution is 6.09. The molecule has 3 aromatic rings. The Morgan fingerprint density at radius 1 is 1.04 bits per heavy atom. The van der Waals surface area contributed by atoms with Gasteiger partial charge in [0.25, 0.3) is 5.91 Å². The third-order valence-electron chi connectivity index (χ3n) is 4.41. The zero-order chi connectivity index (χ0) is 16.8. The minimum atomic E-state index is -0.727. The molecule has 6 heteroatoms. The van der Waals surface area contributed by atoms with Crippen molar-refractivity contribution in [3.8, 4) is 0 Å². The second-order valence-electron chi connectivity index (χ2n) is 5.96. The first-order valence-electron chi connectivity index (χ1n) is 7.71. The van der Waals surface area contributed by atoms with Gasteiger partial charge in [-0.15, -0.1) is 0 Å². The molecule has 1 aliphatic heterocycles. The number of anilines is 1. The Morgan fingerprint density at radius 2 is 1.79 bits per heavy atom. The molecule has 0 unspecified atom stereocenters. The fourth-order valence-corrected chi connectivity index (χ4v) is 3.26. The molecule has 2 N–H and O–H groups in total. The molecule has 0 bridgehead atoms. The van der Waals surface area contributed by atoms with Crippen LogP contribution in [0.5, 0.6) is 0 Å². The fourth-order valence-electron chi connectivity index (χ4n) is 3.26. The number of carbonyl (C=O) groups is 1. The van der Waals surface area contributed by atoms with Crippen LogP contribution in [-0.2, 0) is 6.42 Å². The Kier molecular flexibility index (Phi) is 3.13. The normalized spacial score (nSPS) is 13.3. The number of hydrogen-bond donors (Lipinski definition) is 2. The quantitative estimate of drug-likeness (QED) is 0.669. The van der Waals surface area contributed by atoms with E-state index in [-0.39, 0.29) is 5.91 Å².